The Morgan fingerprint density at radius 1 is 1.50 bits per heavy atom. The monoisotopic (exact) mass is 245 g/mol. The molecule has 1 aromatic rings. The van der Waals surface area contributed by atoms with Crippen molar-refractivity contribution in [3.05, 3.63) is 42.5 Å². The summed E-state index contributed by atoms with van der Waals surface area (Å²) in [6.07, 6.45) is 1.48. The summed E-state index contributed by atoms with van der Waals surface area (Å²) in [6, 6.07) is 7.25. The summed E-state index contributed by atoms with van der Waals surface area (Å²) < 4.78 is 5.05. The lowest BCUT2D eigenvalue weighted by atomic mass is 9.84. The molecule has 0 saturated carbocycles. The third kappa shape index (κ3) is 1.53. The Kier molecular flexibility index (Phi) is 2.95. The zero-order valence-electron chi connectivity index (χ0n) is 10.5. The average molecular weight is 245 g/mol. The summed E-state index contributed by atoms with van der Waals surface area (Å²) in [7, 11) is 1.66. The molecule has 1 atom stereocenters. The molecule has 18 heavy (non-hydrogen) atoms. The largest absolute Gasteiger partial charge is 0.460 e. The molecule has 0 aromatic heterocycles. The Hall–Kier alpha value is -2.10. The normalized spacial score (nSPS) is 21.7. The fourth-order valence-electron chi connectivity index (χ4n) is 2.23. The van der Waals surface area contributed by atoms with E-state index in [9.17, 15) is 9.59 Å². The van der Waals surface area contributed by atoms with Crippen LogP contribution in [0.4, 0.5) is 5.69 Å². The van der Waals surface area contributed by atoms with Crippen LogP contribution in [-0.4, -0.2) is 25.5 Å². The molecule has 4 nitrogen and oxygen atoms in total. The van der Waals surface area contributed by atoms with E-state index < -0.39 is 11.4 Å². The zero-order valence-corrected chi connectivity index (χ0v) is 10.5. The van der Waals surface area contributed by atoms with E-state index in [0.717, 1.165) is 5.69 Å². The first-order chi connectivity index (χ1) is 8.53. The molecule has 1 amide bonds. The minimum absolute atomic E-state index is 0.105. The lowest BCUT2D eigenvalue weighted by Crippen LogP contribution is -2.43. The summed E-state index contributed by atoms with van der Waals surface area (Å²) in [4.78, 5) is 25.9. The van der Waals surface area contributed by atoms with Crippen molar-refractivity contribution in [3.8, 4) is 0 Å². The van der Waals surface area contributed by atoms with Crippen molar-refractivity contribution in [2.24, 2.45) is 0 Å². The topological polar surface area (TPSA) is 46.6 Å². The van der Waals surface area contributed by atoms with E-state index in [1.165, 1.54) is 11.0 Å². The Bertz CT molecular complexity index is 524. The predicted octanol–water partition coefficient (Wildman–Crippen LogP) is 1.65. The number of para-hydroxylation sites is 1. The van der Waals surface area contributed by atoms with Gasteiger partial charge in [0.2, 0.25) is 5.91 Å². The maximum Gasteiger partial charge on any atom is 0.326 e. The molecule has 1 unspecified atom stereocenters. The number of hydrogen-bond acceptors (Lipinski definition) is 3. The van der Waals surface area contributed by atoms with E-state index in [2.05, 4.69) is 6.58 Å². The first-order valence-corrected chi connectivity index (χ1v) is 5.69. The molecular weight excluding hydrogens is 230 g/mol. The zero-order chi connectivity index (χ0) is 13.3. The van der Waals surface area contributed by atoms with Crippen LogP contribution < -0.4 is 4.90 Å². The number of amides is 1. The van der Waals surface area contributed by atoms with Crippen molar-refractivity contribution in [2.45, 2.75) is 12.3 Å². The summed E-state index contributed by atoms with van der Waals surface area (Å²) in [5, 5.41) is 0. The molecule has 0 saturated heterocycles. The van der Waals surface area contributed by atoms with Gasteiger partial charge in [0.05, 0.1) is 0 Å². The van der Waals surface area contributed by atoms with Crippen LogP contribution in [0.2, 0.25) is 0 Å². The van der Waals surface area contributed by atoms with Crippen LogP contribution in [0, 0.1) is 0 Å². The van der Waals surface area contributed by atoms with E-state index >= 15 is 0 Å². The third-order valence-electron chi connectivity index (χ3n) is 3.28. The second-order valence-electron chi connectivity index (χ2n) is 4.39. The summed E-state index contributed by atoms with van der Waals surface area (Å²) in [5.74, 6) is -0.804. The molecular formula is C14H15NO3. The SMILES string of the molecule is C=CCOC(=O)C1(C)C(=O)N(C)c2ccccc21. The third-order valence-corrected chi connectivity index (χ3v) is 3.28. The second kappa shape index (κ2) is 4.29. The van der Waals surface area contributed by atoms with E-state index in [-0.39, 0.29) is 12.5 Å². The average Bonchev–Trinajstić information content (AvgIpc) is 2.60. The van der Waals surface area contributed by atoms with E-state index in [1.54, 1.807) is 20.0 Å². The molecule has 0 N–H and O–H groups in total. The molecule has 1 aliphatic heterocycles. The van der Waals surface area contributed by atoms with Gasteiger partial charge in [-0.15, -0.1) is 0 Å². The van der Waals surface area contributed by atoms with E-state index in [1.807, 2.05) is 18.2 Å². The van der Waals surface area contributed by atoms with Gasteiger partial charge < -0.3 is 9.64 Å². The molecule has 0 radical (unpaired) electrons. The summed E-state index contributed by atoms with van der Waals surface area (Å²) >= 11 is 0. The number of fused-ring (bicyclic) bond motifs is 1. The van der Waals surface area contributed by atoms with E-state index in [4.69, 9.17) is 4.74 Å². The lowest BCUT2D eigenvalue weighted by molar-refractivity contribution is -0.152. The lowest BCUT2D eigenvalue weighted by Gasteiger charge is -2.20. The highest BCUT2D eigenvalue weighted by Crippen LogP contribution is 2.41. The number of rotatable bonds is 3. The summed E-state index contributed by atoms with van der Waals surface area (Å²) in [5.41, 5.74) is 0.182. The van der Waals surface area contributed by atoms with Crippen molar-refractivity contribution >= 4 is 17.6 Å². The van der Waals surface area contributed by atoms with Gasteiger partial charge in [-0.1, -0.05) is 30.9 Å². The number of carbonyl (C=O) groups excluding carboxylic acids is 2. The molecule has 0 fully saturated rings. The molecule has 0 aliphatic carbocycles. The number of benzene rings is 1. The van der Waals surface area contributed by atoms with Gasteiger partial charge in [0.25, 0.3) is 0 Å². The first-order valence-electron chi connectivity index (χ1n) is 5.69. The van der Waals surface area contributed by atoms with Gasteiger partial charge in [-0.3, -0.25) is 9.59 Å². The summed E-state index contributed by atoms with van der Waals surface area (Å²) in [6.45, 7) is 5.19. The molecule has 1 aromatic carbocycles. The van der Waals surface area contributed by atoms with Crippen LogP contribution in [0.15, 0.2) is 36.9 Å². The van der Waals surface area contributed by atoms with Gasteiger partial charge in [0.1, 0.15) is 6.61 Å². The number of hydrogen-bond donors (Lipinski definition) is 0. The first kappa shape index (κ1) is 12.4. The van der Waals surface area contributed by atoms with Gasteiger partial charge in [-0.05, 0) is 13.0 Å². The molecule has 4 heteroatoms. The fourth-order valence-corrected chi connectivity index (χ4v) is 2.23. The number of esters is 1. The van der Waals surface area contributed by atoms with Gasteiger partial charge in [0.15, 0.2) is 5.41 Å². The highest BCUT2D eigenvalue weighted by molar-refractivity contribution is 6.19. The van der Waals surface area contributed by atoms with Gasteiger partial charge in [0, 0.05) is 18.3 Å². The highest BCUT2D eigenvalue weighted by atomic mass is 16.5. The van der Waals surface area contributed by atoms with Crippen molar-refractivity contribution in [1.29, 1.82) is 0 Å². The van der Waals surface area contributed by atoms with Crippen LogP contribution >= 0.6 is 0 Å². The maximum atomic E-state index is 12.3. The minimum Gasteiger partial charge on any atom is -0.460 e. The molecule has 0 bridgehead atoms. The molecule has 1 heterocycles. The molecule has 0 spiro atoms. The molecule has 1 aliphatic rings. The van der Waals surface area contributed by atoms with Crippen LogP contribution in [0.5, 0.6) is 0 Å². The van der Waals surface area contributed by atoms with Gasteiger partial charge >= 0.3 is 5.97 Å². The van der Waals surface area contributed by atoms with Crippen molar-refractivity contribution in [2.75, 3.05) is 18.6 Å². The van der Waals surface area contributed by atoms with Crippen LogP contribution in [0.3, 0.4) is 0 Å². The molecule has 94 valence electrons. The number of carbonyl (C=O) groups is 2. The fraction of sp³-hybridized carbons (Fsp3) is 0.286. The van der Waals surface area contributed by atoms with E-state index in [0.29, 0.717) is 5.56 Å². The van der Waals surface area contributed by atoms with Crippen molar-refractivity contribution < 1.29 is 14.3 Å². The Morgan fingerprint density at radius 3 is 2.83 bits per heavy atom. The van der Waals surface area contributed by atoms with Crippen molar-refractivity contribution in [3.63, 3.8) is 0 Å². The van der Waals surface area contributed by atoms with Gasteiger partial charge in [-0.25, -0.2) is 0 Å². The number of anilines is 1. The highest BCUT2D eigenvalue weighted by Gasteiger charge is 2.52. The number of likely N-dealkylation sites (N-methyl/N-ethyl adjacent to an activating group) is 1. The second-order valence-corrected chi connectivity index (χ2v) is 4.39. The van der Waals surface area contributed by atoms with Gasteiger partial charge in [-0.2, -0.15) is 0 Å². The Labute approximate surface area is 106 Å². The quantitative estimate of drug-likeness (QED) is 0.462. The van der Waals surface area contributed by atoms with Crippen molar-refractivity contribution in [1.82, 2.24) is 0 Å². The van der Waals surface area contributed by atoms with Crippen LogP contribution in [0.25, 0.3) is 0 Å². The standard InChI is InChI=1S/C14H15NO3/c1-4-9-18-13(17)14(2)10-7-5-6-8-11(10)15(3)12(14)16/h4-8H,1,9H2,2-3H3. The number of ether oxygens (including phenoxy) is 1. The Balaban J connectivity index is 2.47. The van der Waals surface area contributed by atoms with Crippen LogP contribution in [0.1, 0.15) is 12.5 Å². The Morgan fingerprint density at radius 2 is 2.17 bits per heavy atom. The predicted molar refractivity (Wildman–Crippen MR) is 68.4 cm³/mol. The molecule has 2 rings (SSSR count). The maximum absolute atomic E-state index is 12.3. The minimum atomic E-state index is -1.26. The smallest absolute Gasteiger partial charge is 0.326 e. The number of nitrogens with zero attached hydrogens (tertiary/aromatic N) is 1. The van der Waals surface area contributed by atoms with Crippen LogP contribution in [-0.2, 0) is 19.7 Å².